The molecule has 2 aliphatic carbocycles. The van der Waals surface area contributed by atoms with Gasteiger partial charge in [-0.25, -0.2) is 0 Å². The number of hydrogen-bond acceptors (Lipinski definition) is 4. The van der Waals surface area contributed by atoms with E-state index in [-0.39, 0.29) is 22.8 Å². The second-order valence-electron chi connectivity index (χ2n) is 6.08. The first-order valence-corrected chi connectivity index (χ1v) is 7.38. The van der Waals surface area contributed by atoms with Gasteiger partial charge in [0.25, 0.3) is 11.6 Å². The van der Waals surface area contributed by atoms with Gasteiger partial charge in [-0.1, -0.05) is 0 Å². The molecule has 112 valence electrons. The molecule has 0 radical (unpaired) electrons. The number of nitrogens with two attached hydrogens (primary N) is 1. The highest BCUT2D eigenvalue weighted by Gasteiger charge is 2.41. The van der Waals surface area contributed by atoms with E-state index < -0.39 is 4.92 Å². The molecule has 0 heterocycles. The topological polar surface area (TPSA) is 98.3 Å². The second kappa shape index (κ2) is 5.35. The number of anilines is 1. The van der Waals surface area contributed by atoms with Crippen molar-refractivity contribution in [2.24, 2.45) is 17.8 Å². The number of hydrogen-bond donors (Lipinski definition) is 2. The smallest absolute Gasteiger partial charge is 0.270 e. The number of nitro benzene ring substituents is 1. The highest BCUT2D eigenvalue weighted by Crippen LogP contribution is 2.48. The number of non-ortho nitro benzene ring substituents is 1. The lowest BCUT2D eigenvalue weighted by molar-refractivity contribution is -0.384. The summed E-state index contributed by atoms with van der Waals surface area (Å²) in [5, 5.41) is 13.7. The number of nitrogens with one attached hydrogen (secondary N) is 1. The molecule has 3 rings (SSSR count). The van der Waals surface area contributed by atoms with E-state index in [4.69, 9.17) is 5.73 Å². The van der Waals surface area contributed by atoms with Crippen LogP contribution in [0.2, 0.25) is 0 Å². The highest BCUT2D eigenvalue weighted by atomic mass is 16.6. The molecule has 3 N–H and O–H groups in total. The molecule has 6 heteroatoms. The lowest BCUT2D eigenvalue weighted by atomic mass is 9.98. The lowest BCUT2D eigenvalue weighted by Crippen LogP contribution is -2.31. The standard InChI is InChI=1S/C15H19N3O3/c16-14-6-5-11(18(20)21)7-12(14)15(19)17-8-13(9-1-2-9)10-3-4-10/h5-7,9-10,13H,1-4,8,16H2,(H,17,19). The van der Waals surface area contributed by atoms with Gasteiger partial charge in [-0.2, -0.15) is 0 Å². The summed E-state index contributed by atoms with van der Waals surface area (Å²) in [4.78, 5) is 22.5. The van der Waals surface area contributed by atoms with Gasteiger partial charge in [-0.3, -0.25) is 14.9 Å². The van der Waals surface area contributed by atoms with E-state index in [1.54, 1.807) is 0 Å². The molecule has 0 bridgehead atoms. The molecule has 6 nitrogen and oxygen atoms in total. The Morgan fingerprint density at radius 3 is 2.48 bits per heavy atom. The zero-order chi connectivity index (χ0) is 15.0. The van der Waals surface area contributed by atoms with Crippen molar-refractivity contribution in [3.05, 3.63) is 33.9 Å². The van der Waals surface area contributed by atoms with E-state index in [0.29, 0.717) is 12.5 Å². The van der Waals surface area contributed by atoms with Gasteiger partial charge < -0.3 is 11.1 Å². The summed E-state index contributed by atoms with van der Waals surface area (Å²) in [6.45, 7) is 0.649. The fourth-order valence-corrected chi connectivity index (χ4v) is 2.93. The summed E-state index contributed by atoms with van der Waals surface area (Å²) in [6, 6.07) is 3.96. The Kier molecular flexibility index (Phi) is 3.53. The van der Waals surface area contributed by atoms with E-state index in [9.17, 15) is 14.9 Å². The fourth-order valence-electron chi connectivity index (χ4n) is 2.93. The minimum atomic E-state index is -0.520. The molecular weight excluding hydrogens is 270 g/mol. The van der Waals surface area contributed by atoms with Crippen LogP contribution in [0.3, 0.4) is 0 Å². The van der Waals surface area contributed by atoms with Gasteiger partial charge in [-0.15, -0.1) is 0 Å². The van der Waals surface area contributed by atoms with Crippen LogP contribution < -0.4 is 11.1 Å². The van der Waals surface area contributed by atoms with Crippen molar-refractivity contribution in [2.75, 3.05) is 12.3 Å². The average molecular weight is 289 g/mol. The van der Waals surface area contributed by atoms with Crippen molar-refractivity contribution in [1.82, 2.24) is 5.32 Å². The fraction of sp³-hybridized carbons (Fsp3) is 0.533. The van der Waals surface area contributed by atoms with Gasteiger partial charge >= 0.3 is 0 Å². The van der Waals surface area contributed by atoms with E-state index in [1.165, 1.54) is 43.9 Å². The molecule has 2 fully saturated rings. The predicted octanol–water partition coefficient (Wildman–Crippen LogP) is 2.34. The highest BCUT2D eigenvalue weighted by molar-refractivity contribution is 5.99. The van der Waals surface area contributed by atoms with Gasteiger partial charge in [0.05, 0.1) is 10.5 Å². The minimum Gasteiger partial charge on any atom is -0.398 e. The van der Waals surface area contributed by atoms with Crippen molar-refractivity contribution in [2.45, 2.75) is 25.7 Å². The predicted molar refractivity (Wildman–Crippen MR) is 78.8 cm³/mol. The number of nitrogens with zero attached hydrogens (tertiary/aromatic N) is 1. The maximum atomic E-state index is 12.2. The zero-order valence-electron chi connectivity index (χ0n) is 11.7. The maximum Gasteiger partial charge on any atom is 0.270 e. The van der Waals surface area contributed by atoms with Gasteiger partial charge in [-0.05, 0) is 49.5 Å². The zero-order valence-corrected chi connectivity index (χ0v) is 11.7. The Morgan fingerprint density at radius 2 is 1.95 bits per heavy atom. The van der Waals surface area contributed by atoms with Gasteiger partial charge in [0.1, 0.15) is 0 Å². The van der Waals surface area contributed by atoms with Gasteiger partial charge in [0.2, 0.25) is 0 Å². The van der Waals surface area contributed by atoms with E-state index in [0.717, 1.165) is 11.8 Å². The van der Waals surface area contributed by atoms with Crippen LogP contribution in [0.4, 0.5) is 11.4 Å². The van der Waals surface area contributed by atoms with Crippen LogP contribution in [0.1, 0.15) is 36.0 Å². The minimum absolute atomic E-state index is 0.115. The van der Waals surface area contributed by atoms with E-state index in [1.807, 2.05) is 0 Å². The number of rotatable bonds is 6. The van der Waals surface area contributed by atoms with E-state index >= 15 is 0 Å². The third-order valence-electron chi connectivity index (χ3n) is 4.45. The Bertz CT molecular complexity index is 568. The van der Waals surface area contributed by atoms with Crippen molar-refractivity contribution >= 4 is 17.3 Å². The van der Waals surface area contributed by atoms with Gasteiger partial charge in [0, 0.05) is 24.4 Å². The third-order valence-corrected chi connectivity index (χ3v) is 4.45. The molecule has 0 unspecified atom stereocenters. The molecule has 0 saturated heterocycles. The largest absolute Gasteiger partial charge is 0.398 e. The number of benzene rings is 1. The first kappa shape index (κ1) is 13.9. The summed E-state index contributed by atoms with van der Waals surface area (Å²) < 4.78 is 0. The van der Waals surface area contributed by atoms with Crippen LogP contribution in [0.15, 0.2) is 18.2 Å². The number of carbonyl (C=O) groups is 1. The van der Waals surface area contributed by atoms with Crippen LogP contribution in [-0.4, -0.2) is 17.4 Å². The summed E-state index contributed by atoms with van der Waals surface area (Å²) in [7, 11) is 0. The molecule has 1 aromatic rings. The molecule has 0 spiro atoms. The van der Waals surface area contributed by atoms with Crippen molar-refractivity contribution in [3.8, 4) is 0 Å². The monoisotopic (exact) mass is 289 g/mol. The van der Waals surface area contributed by atoms with Crippen LogP contribution in [0.5, 0.6) is 0 Å². The summed E-state index contributed by atoms with van der Waals surface area (Å²) in [5.41, 5.74) is 6.10. The molecule has 2 aliphatic rings. The Balaban J connectivity index is 1.66. The quantitative estimate of drug-likeness (QED) is 0.477. The molecular formula is C15H19N3O3. The van der Waals surface area contributed by atoms with Crippen LogP contribution in [-0.2, 0) is 0 Å². The number of nitro groups is 1. The lowest BCUT2D eigenvalue weighted by Gasteiger charge is -2.16. The number of carbonyl (C=O) groups excluding carboxylic acids is 1. The summed E-state index contributed by atoms with van der Waals surface area (Å²) in [5.74, 6) is 1.75. The molecule has 21 heavy (non-hydrogen) atoms. The van der Waals surface area contributed by atoms with Gasteiger partial charge in [0.15, 0.2) is 0 Å². The molecule has 0 atom stereocenters. The number of amides is 1. The van der Waals surface area contributed by atoms with Crippen LogP contribution in [0, 0.1) is 27.9 Å². The first-order valence-electron chi connectivity index (χ1n) is 7.38. The summed E-state index contributed by atoms with van der Waals surface area (Å²) >= 11 is 0. The third kappa shape index (κ3) is 3.15. The van der Waals surface area contributed by atoms with Crippen molar-refractivity contribution < 1.29 is 9.72 Å². The molecule has 1 amide bonds. The van der Waals surface area contributed by atoms with Crippen LogP contribution >= 0.6 is 0 Å². The molecule has 0 aliphatic heterocycles. The van der Waals surface area contributed by atoms with Crippen molar-refractivity contribution in [3.63, 3.8) is 0 Å². The average Bonchev–Trinajstić information content (AvgIpc) is 3.32. The Labute approximate surface area is 122 Å². The number of nitrogen functional groups attached to an aromatic ring is 1. The normalized spacial score (nSPS) is 17.8. The molecule has 0 aromatic heterocycles. The van der Waals surface area contributed by atoms with E-state index in [2.05, 4.69) is 5.32 Å². The second-order valence-corrected chi connectivity index (χ2v) is 6.08. The van der Waals surface area contributed by atoms with Crippen molar-refractivity contribution in [1.29, 1.82) is 0 Å². The summed E-state index contributed by atoms with van der Waals surface area (Å²) in [6.07, 6.45) is 5.04. The molecule has 1 aromatic carbocycles. The first-order chi connectivity index (χ1) is 10.1. The molecule has 2 saturated carbocycles. The Hall–Kier alpha value is -2.11. The SMILES string of the molecule is Nc1ccc([N+](=O)[O-])cc1C(=O)NCC(C1CC1)C1CC1. The van der Waals surface area contributed by atoms with Crippen LogP contribution in [0.25, 0.3) is 0 Å². The Morgan fingerprint density at radius 1 is 1.33 bits per heavy atom. The maximum absolute atomic E-state index is 12.2.